The van der Waals surface area contributed by atoms with E-state index in [0.29, 0.717) is 6.04 Å². The zero-order chi connectivity index (χ0) is 13.8. The van der Waals surface area contributed by atoms with Crippen LogP contribution in [0.1, 0.15) is 38.3 Å². The number of nitrogens with zero attached hydrogens (tertiary/aromatic N) is 2. The molecular weight excluding hydrogens is 234 g/mol. The fourth-order valence-electron chi connectivity index (χ4n) is 2.90. The molecule has 0 bridgehead atoms. The van der Waals surface area contributed by atoms with Crippen molar-refractivity contribution in [3.05, 3.63) is 29.8 Å². The predicted molar refractivity (Wildman–Crippen MR) is 82.6 cm³/mol. The first-order valence-electron chi connectivity index (χ1n) is 7.42. The fourth-order valence-corrected chi connectivity index (χ4v) is 2.90. The second-order valence-electron chi connectivity index (χ2n) is 5.76. The minimum atomic E-state index is 0.168. The van der Waals surface area contributed by atoms with E-state index in [9.17, 15) is 0 Å². The van der Waals surface area contributed by atoms with E-state index in [1.807, 2.05) is 0 Å². The fraction of sp³-hybridized carbons (Fsp3) is 0.625. The molecule has 0 spiro atoms. The van der Waals surface area contributed by atoms with Crippen molar-refractivity contribution in [3.8, 4) is 0 Å². The smallest absolute Gasteiger partial charge is 0.0388 e. The van der Waals surface area contributed by atoms with Gasteiger partial charge < -0.3 is 15.5 Å². The topological polar surface area (TPSA) is 32.5 Å². The van der Waals surface area contributed by atoms with Gasteiger partial charge in [-0.25, -0.2) is 0 Å². The van der Waals surface area contributed by atoms with Crippen molar-refractivity contribution in [3.63, 3.8) is 0 Å². The first-order chi connectivity index (χ1) is 9.11. The molecule has 0 radical (unpaired) electrons. The zero-order valence-electron chi connectivity index (χ0n) is 12.5. The van der Waals surface area contributed by atoms with Crippen LogP contribution in [0.3, 0.4) is 0 Å². The Morgan fingerprint density at radius 1 is 1.26 bits per heavy atom. The third-order valence-electron chi connectivity index (χ3n) is 4.14. The van der Waals surface area contributed by atoms with Gasteiger partial charge in [0, 0.05) is 30.9 Å². The van der Waals surface area contributed by atoms with Crippen LogP contribution in [0, 0.1) is 0 Å². The standard InChI is InChI=1S/C16H27N3/c1-4-16(17)14-6-8-15(9-7-14)19-11-5-10-18(3)12-13(19)2/h6-9,13,16H,4-5,10-12,17H2,1-3H3/t13?,16-/m1/s1. The van der Waals surface area contributed by atoms with E-state index in [0.717, 1.165) is 19.5 Å². The molecule has 0 saturated carbocycles. The van der Waals surface area contributed by atoms with Gasteiger partial charge in [-0.1, -0.05) is 19.1 Å². The summed E-state index contributed by atoms with van der Waals surface area (Å²) in [7, 11) is 2.21. The summed E-state index contributed by atoms with van der Waals surface area (Å²) in [5.74, 6) is 0. The van der Waals surface area contributed by atoms with E-state index in [4.69, 9.17) is 5.73 Å². The predicted octanol–water partition coefficient (Wildman–Crippen LogP) is 2.63. The maximum atomic E-state index is 6.07. The molecule has 3 heteroatoms. The second-order valence-corrected chi connectivity index (χ2v) is 5.76. The summed E-state index contributed by atoms with van der Waals surface area (Å²) in [6, 6.07) is 9.56. The molecule has 1 unspecified atom stereocenters. The molecule has 1 fully saturated rings. The minimum absolute atomic E-state index is 0.168. The first-order valence-corrected chi connectivity index (χ1v) is 7.42. The van der Waals surface area contributed by atoms with Crippen molar-refractivity contribution >= 4 is 5.69 Å². The largest absolute Gasteiger partial charge is 0.367 e. The van der Waals surface area contributed by atoms with Gasteiger partial charge in [0.15, 0.2) is 0 Å². The molecule has 2 rings (SSSR count). The summed E-state index contributed by atoms with van der Waals surface area (Å²) in [4.78, 5) is 4.94. The summed E-state index contributed by atoms with van der Waals surface area (Å²) in [5.41, 5.74) is 8.64. The van der Waals surface area contributed by atoms with Gasteiger partial charge in [0.2, 0.25) is 0 Å². The highest BCUT2D eigenvalue weighted by molar-refractivity contribution is 5.49. The molecule has 2 atom stereocenters. The highest BCUT2D eigenvalue weighted by atomic mass is 15.2. The van der Waals surface area contributed by atoms with Crippen molar-refractivity contribution in [2.24, 2.45) is 5.73 Å². The maximum absolute atomic E-state index is 6.07. The van der Waals surface area contributed by atoms with Crippen LogP contribution in [0.5, 0.6) is 0 Å². The van der Waals surface area contributed by atoms with Crippen molar-refractivity contribution in [1.29, 1.82) is 0 Å². The molecule has 0 aromatic heterocycles. The Morgan fingerprint density at radius 3 is 2.58 bits per heavy atom. The molecular formula is C16H27N3. The Labute approximate surface area is 117 Å². The maximum Gasteiger partial charge on any atom is 0.0388 e. The summed E-state index contributed by atoms with van der Waals surface area (Å²) in [6.45, 7) is 7.92. The molecule has 2 N–H and O–H groups in total. The van der Waals surface area contributed by atoms with E-state index >= 15 is 0 Å². The van der Waals surface area contributed by atoms with Crippen molar-refractivity contribution in [1.82, 2.24) is 4.90 Å². The molecule has 1 saturated heterocycles. The molecule has 1 aliphatic heterocycles. The highest BCUT2D eigenvalue weighted by Crippen LogP contribution is 2.23. The quantitative estimate of drug-likeness (QED) is 0.908. The number of hydrogen-bond acceptors (Lipinski definition) is 3. The van der Waals surface area contributed by atoms with Gasteiger partial charge in [-0.3, -0.25) is 0 Å². The average molecular weight is 261 g/mol. The number of benzene rings is 1. The second kappa shape index (κ2) is 6.40. The van der Waals surface area contributed by atoms with Crippen molar-refractivity contribution < 1.29 is 0 Å². The van der Waals surface area contributed by atoms with Crippen LogP contribution in [0.2, 0.25) is 0 Å². The lowest BCUT2D eigenvalue weighted by Crippen LogP contribution is -2.37. The van der Waals surface area contributed by atoms with Crippen LogP contribution in [0.25, 0.3) is 0 Å². The molecule has 106 valence electrons. The molecule has 19 heavy (non-hydrogen) atoms. The Bertz CT molecular complexity index is 387. The Morgan fingerprint density at radius 2 is 1.95 bits per heavy atom. The molecule has 3 nitrogen and oxygen atoms in total. The van der Waals surface area contributed by atoms with Gasteiger partial charge >= 0.3 is 0 Å². The number of rotatable bonds is 3. The number of anilines is 1. The number of hydrogen-bond donors (Lipinski definition) is 1. The first kappa shape index (κ1) is 14.4. The summed E-state index contributed by atoms with van der Waals surface area (Å²) >= 11 is 0. The van der Waals surface area contributed by atoms with Crippen LogP contribution in [-0.2, 0) is 0 Å². The highest BCUT2D eigenvalue weighted by Gasteiger charge is 2.19. The SMILES string of the molecule is CC[C@@H](N)c1ccc(N2CCCN(C)CC2C)cc1. The van der Waals surface area contributed by atoms with Crippen LogP contribution >= 0.6 is 0 Å². The normalized spacial score (nSPS) is 23.2. The van der Waals surface area contributed by atoms with E-state index in [-0.39, 0.29) is 6.04 Å². The van der Waals surface area contributed by atoms with E-state index < -0.39 is 0 Å². The monoisotopic (exact) mass is 261 g/mol. The molecule has 1 aromatic carbocycles. The van der Waals surface area contributed by atoms with Crippen LogP contribution in [0.15, 0.2) is 24.3 Å². The summed E-state index contributed by atoms with van der Waals surface area (Å²) in [6.07, 6.45) is 2.22. The molecule has 1 aliphatic rings. The van der Waals surface area contributed by atoms with E-state index in [1.54, 1.807) is 0 Å². The van der Waals surface area contributed by atoms with E-state index in [1.165, 1.54) is 24.2 Å². The lowest BCUT2D eigenvalue weighted by molar-refractivity contribution is 0.337. The lowest BCUT2D eigenvalue weighted by Gasteiger charge is -2.30. The lowest BCUT2D eigenvalue weighted by atomic mass is 10.0. The Balaban J connectivity index is 2.12. The van der Waals surface area contributed by atoms with Crippen molar-refractivity contribution in [2.45, 2.75) is 38.8 Å². The average Bonchev–Trinajstić information content (AvgIpc) is 2.58. The van der Waals surface area contributed by atoms with Gasteiger partial charge in [-0.2, -0.15) is 0 Å². The van der Waals surface area contributed by atoms with Crippen LogP contribution < -0.4 is 10.6 Å². The molecule has 0 aliphatic carbocycles. The van der Waals surface area contributed by atoms with E-state index in [2.05, 4.69) is 55.0 Å². The van der Waals surface area contributed by atoms with Gasteiger partial charge in [0.25, 0.3) is 0 Å². The van der Waals surface area contributed by atoms with Crippen molar-refractivity contribution in [2.75, 3.05) is 31.6 Å². The van der Waals surface area contributed by atoms with Gasteiger partial charge in [0.1, 0.15) is 0 Å². The third-order valence-corrected chi connectivity index (χ3v) is 4.14. The van der Waals surface area contributed by atoms with Gasteiger partial charge in [-0.15, -0.1) is 0 Å². The number of nitrogens with two attached hydrogens (primary N) is 1. The van der Waals surface area contributed by atoms with Crippen LogP contribution in [0.4, 0.5) is 5.69 Å². The summed E-state index contributed by atoms with van der Waals surface area (Å²) in [5, 5.41) is 0. The molecule has 0 amide bonds. The molecule has 1 aromatic rings. The third kappa shape index (κ3) is 3.48. The number of likely N-dealkylation sites (N-methyl/N-ethyl adjacent to an activating group) is 1. The van der Waals surface area contributed by atoms with Gasteiger partial charge in [0.05, 0.1) is 0 Å². The van der Waals surface area contributed by atoms with Gasteiger partial charge in [-0.05, 0) is 51.1 Å². The Kier molecular flexibility index (Phi) is 4.83. The summed E-state index contributed by atoms with van der Waals surface area (Å²) < 4.78 is 0. The van der Waals surface area contributed by atoms with Crippen LogP contribution in [-0.4, -0.2) is 37.6 Å². The molecule has 1 heterocycles. The minimum Gasteiger partial charge on any atom is -0.367 e. The Hall–Kier alpha value is -1.06. The zero-order valence-corrected chi connectivity index (χ0v) is 12.5.